The molecule has 4 rings (SSSR count). The second-order valence-electron chi connectivity index (χ2n) is 5.66. The minimum atomic E-state index is 1.31. The van der Waals surface area contributed by atoms with Gasteiger partial charge >= 0.3 is 0 Å². The molecule has 0 aliphatic heterocycles. The van der Waals surface area contributed by atoms with Crippen LogP contribution in [0.15, 0.2) is 48.5 Å². The van der Waals surface area contributed by atoms with Crippen molar-refractivity contribution >= 4 is 39.3 Å². The molecule has 1 aliphatic rings. The van der Waals surface area contributed by atoms with Gasteiger partial charge in [-0.2, -0.15) is 0 Å². The SMILES string of the molecule is CC(C)=c1cc2c(c3c1ccc1ccccc13)=CC=C2. The quantitative estimate of drug-likeness (QED) is 0.533. The molecule has 0 bridgehead atoms. The summed E-state index contributed by atoms with van der Waals surface area (Å²) >= 11 is 0. The molecule has 0 unspecified atom stereocenters. The largest absolute Gasteiger partial charge is 0.0685 e. The van der Waals surface area contributed by atoms with Crippen LogP contribution in [0.5, 0.6) is 0 Å². The summed E-state index contributed by atoms with van der Waals surface area (Å²) in [6.45, 7) is 4.39. The summed E-state index contributed by atoms with van der Waals surface area (Å²) < 4.78 is 0. The molecule has 0 radical (unpaired) electrons. The van der Waals surface area contributed by atoms with Gasteiger partial charge in [0.1, 0.15) is 0 Å². The number of rotatable bonds is 0. The van der Waals surface area contributed by atoms with Crippen LogP contribution in [-0.4, -0.2) is 0 Å². The fraction of sp³-hybridized carbons (Fsp3) is 0.100. The molecule has 0 N–H and O–H groups in total. The van der Waals surface area contributed by atoms with Crippen molar-refractivity contribution in [1.29, 1.82) is 0 Å². The molecule has 1 aliphatic carbocycles. The predicted molar refractivity (Wildman–Crippen MR) is 89.0 cm³/mol. The van der Waals surface area contributed by atoms with Crippen molar-refractivity contribution in [2.24, 2.45) is 0 Å². The maximum Gasteiger partial charge on any atom is -0.00208 e. The Morgan fingerprint density at radius 1 is 0.900 bits per heavy atom. The molecule has 0 atom stereocenters. The molecule has 20 heavy (non-hydrogen) atoms. The van der Waals surface area contributed by atoms with E-state index in [-0.39, 0.29) is 0 Å². The van der Waals surface area contributed by atoms with E-state index in [0.29, 0.717) is 0 Å². The Morgan fingerprint density at radius 2 is 1.75 bits per heavy atom. The average Bonchev–Trinajstić information content (AvgIpc) is 2.93. The molecule has 3 aromatic rings. The number of hydrogen-bond acceptors (Lipinski definition) is 0. The molecule has 0 heterocycles. The van der Waals surface area contributed by atoms with E-state index < -0.39 is 0 Å². The highest BCUT2D eigenvalue weighted by Crippen LogP contribution is 2.23. The fourth-order valence-corrected chi connectivity index (χ4v) is 3.22. The minimum Gasteiger partial charge on any atom is -0.0685 e. The lowest BCUT2D eigenvalue weighted by molar-refractivity contribution is 1.51. The lowest BCUT2D eigenvalue weighted by Crippen LogP contribution is -2.15. The summed E-state index contributed by atoms with van der Waals surface area (Å²) in [7, 11) is 0. The maximum absolute atomic E-state index is 2.32. The second kappa shape index (κ2) is 4.08. The normalized spacial score (nSPS) is 12.7. The average molecular weight is 256 g/mol. The van der Waals surface area contributed by atoms with Crippen molar-refractivity contribution in [3.8, 4) is 0 Å². The summed E-state index contributed by atoms with van der Waals surface area (Å²) in [5.74, 6) is 0. The van der Waals surface area contributed by atoms with Gasteiger partial charge in [0.05, 0.1) is 0 Å². The first-order valence-electron chi connectivity index (χ1n) is 7.06. The number of allylic oxidation sites excluding steroid dienone is 1. The molecular weight excluding hydrogens is 240 g/mol. The topological polar surface area (TPSA) is 0 Å². The Kier molecular flexibility index (Phi) is 2.34. The predicted octanol–water partition coefficient (Wildman–Crippen LogP) is 3.99. The Hall–Kier alpha value is -2.34. The van der Waals surface area contributed by atoms with E-state index in [0.717, 1.165) is 0 Å². The monoisotopic (exact) mass is 256 g/mol. The zero-order valence-corrected chi connectivity index (χ0v) is 11.8. The molecule has 0 saturated carbocycles. The summed E-state index contributed by atoms with van der Waals surface area (Å²) in [5, 5.41) is 8.15. The first kappa shape index (κ1) is 11.5. The Bertz CT molecular complexity index is 998. The Labute approximate surface area is 118 Å². The van der Waals surface area contributed by atoms with E-state index in [1.165, 1.54) is 43.1 Å². The molecule has 0 saturated heterocycles. The van der Waals surface area contributed by atoms with Crippen LogP contribution in [-0.2, 0) is 0 Å². The van der Waals surface area contributed by atoms with Crippen LogP contribution in [0.3, 0.4) is 0 Å². The third kappa shape index (κ3) is 1.48. The van der Waals surface area contributed by atoms with Crippen LogP contribution >= 0.6 is 0 Å². The summed E-state index contributed by atoms with van der Waals surface area (Å²) in [4.78, 5) is 0. The smallest absolute Gasteiger partial charge is 0.00208 e. The molecule has 96 valence electrons. The highest BCUT2D eigenvalue weighted by atomic mass is 14.1. The van der Waals surface area contributed by atoms with Gasteiger partial charge in [0.15, 0.2) is 0 Å². The van der Waals surface area contributed by atoms with Crippen LogP contribution in [0.25, 0.3) is 39.3 Å². The van der Waals surface area contributed by atoms with Gasteiger partial charge in [-0.3, -0.25) is 0 Å². The standard InChI is InChI=1S/C20H16/c1-13(2)19-12-15-7-5-9-17(15)20-16-8-4-3-6-14(16)10-11-18(19)20/h3-12H,1-2H3. The third-order valence-corrected chi connectivity index (χ3v) is 4.18. The highest BCUT2D eigenvalue weighted by Gasteiger charge is 2.08. The van der Waals surface area contributed by atoms with Gasteiger partial charge in [0.2, 0.25) is 0 Å². The van der Waals surface area contributed by atoms with Crippen LogP contribution in [0.4, 0.5) is 0 Å². The van der Waals surface area contributed by atoms with Crippen molar-refractivity contribution in [2.45, 2.75) is 13.8 Å². The first-order chi connectivity index (χ1) is 9.75. The molecule has 0 heteroatoms. The summed E-state index contributed by atoms with van der Waals surface area (Å²) in [5.41, 5.74) is 2.71. The molecule has 3 aromatic carbocycles. The van der Waals surface area contributed by atoms with E-state index in [4.69, 9.17) is 0 Å². The summed E-state index contributed by atoms with van der Waals surface area (Å²) in [6.07, 6.45) is 6.60. The number of benzene rings is 3. The third-order valence-electron chi connectivity index (χ3n) is 4.18. The minimum absolute atomic E-state index is 1.31. The zero-order chi connectivity index (χ0) is 13.7. The van der Waals surface area contributed by atoms with Gasteiger partial charge in [-0.15, -0.1) is 0 Å². The second-order valence-corrected chi connectivity index (χ2v) is 5.66. The van der Waals surface area contributed by atoms with Gasteiger partial charge in [-0.05, 0) is 57.5 Å². The van der Waals surface area contributed by atoms with E-state index in [1.54, 1.807) is 0 Å². The maximum atomic E-state index is 2.32. The molecular formula is C20H16. The summed E-state index contributed by atoms with van der Waals surface area (Å²) in [6, 6.07) is 15.5. The lowest BCUT2D eigenvalue weighted by Gasteiger charge is -2.08. The molecule has 0 aromatic heterocycles. The first-order valence-corrected chi connectivity index (χ1v) is 7.06. The Balaban J connectivity index is 2.43. The highest BCUT2D eigenvalue weighted by molar-refractivity contribution is 6.09. The van der Waals surface area contributed by atoms with Crippen LogP contribution in [0.2, 0.25) is 0 Å². The molecule has 0 spiro atoms. The van der Waals surface area contributed by atoms with Crippen molar-refractivity contribution in [3.05, 3.63) is 64.5 Å². The van der Waals surface area contributed by atoms with Crippen LogP contribution in [0, 0.1) is 0 Å². The van der Waals surface area contributed by atoms with Gasteiger partial charge < -0.3 is 0 Å². The van der Waals surface area contributed by atoms with E-state index in [9.17, 15) is 0 Å². The van der Waals surface area contributed by atoms with Crippen molar-refractivity contribution in [2.75, 3.05) is 0 Å². The molecule has 0 nitrogen and oxygen atoms in total. The fourth-order valence-electron chi connectivity index (χ4n) is 3.22. The molecule has 0 amide bonds. The van der Waals surface area contributed by atoms with Gasteiger partial charge in [-0.25, -0.2) is 0 Å². The van der Waals surface area contributed by atoms with Crippen molar-refractivity contribution in [3.63, 3.8) is 0 Å². The van der Waals surface area contributed by atoms with Crippen molar-refractivity contribution in [1.82, 2.24) is 0 Å². The van der Waals surface area contributed by atoms with Gasteiger partial charge in [-0.1, -0.05) is 60.2 Å². The van der Waals surface area contributed by atoms with Crippen LogP contribution < -0.4 is 10.4 Å². The van der Waals surface area contributed by atoms with Gasteiger partial charge in [0.25, 0.3) is 0 Å². The number of hydrogen-bond donors (Lipinski definition) is 0. The Morgan fingerprint density at radius 3 is 2.60 bits per heavy atom. The number of fused-ring (bicyclic) bond motifs is 5. The van der Waals surface area contributed by atoms with E-state index >= 15 is 0 Å². The van der Waals surface area contributed by atoms with Gasteiger partial charge in [0, 0.05) is 0 Å². The molecule has 0 fully saturated rings. The van der Waals surface area contributed by atoms with Crippen molar-refractivity contribution < 1.29 is 0 Å². The van der Waals surface area contributed by atoms with E-state index in [1.807, 2.05) is 0 Å². The lowest BCUT2D eigenvalue weighted by atomic mass is 9.95. The zero-order valence-electron chi connectivity index (χ0n) is 11.8. The van der Waals surface area contributed by atoms with Crippen LogP contribution in [0.1, 0.15) is 19.4 Å². The van der Waals surface area contributed by atoms with E-state index in [2.05, 4.69) is 74.5 Å².